The van der Waals surface area contributed by atoms with E-state index < -0.39 is 0 Å². The number of hydrogen-bond acceptors (Lipinski definition) is 2. The predicted octanol–water partition coefficient (Wildman–Crippen LogP) is 1.60. The van der Waals surface area contributed by atoms with Crippen LogP contribution < -0.4 is 0 Å². The van der Waals surface area contributed by atoms with Gasteiger partial charge in [-0.3, -0.25) is 0 Å². The molecule has 2 nitrogen and oxygen atoms in total. The Morgan fingerprint density at radius 3 is 2.23 bits per heavy atom. The van der Waals surface area contributed by atoms with Gasteiger partial charge in [0.1, 0.15) is 0 Å². The molecule has 0 bridgehead atoms. The first-order valence-electron chi connectivity index (χ1n) is 3.96. The number of carbonyl (C=O) groups excluding carboxylic acids is 1. The van der Waals surface area contributed by atoms with Gasteiger partial charge in [-0.2, -0.15) is 0 Å². The van der Waals surface area contributed by atoms with Gasteiger partial charge in [-0.05, 0) is 26.0 Å². The van der Waals surface area contributed by atoms with Gasteiger partial charge in [0.05, 0.1) is 11.7 Å². The number of hydrogen-bond donors (Lipinski definition) is 0. The third-order valence-corrected chi connectivity index (χ3v) is 1.35. The van der Waals surface area contributed by atoms with Crippen molar-refractivity contribution in [2.75, 3.05) is 0 Å². The van der Waals surface area contributed by atoms with Crippen molar-refractivity contribution in [2.24, 2.45) is 0 Å². The zero-order chi connectivity index (χ0) is 8.97. The van der Waals surface area contributed by atoms with Crippen LogP contribution in [0.3, 0.4) is 0 Å². The van der Waals surface area contributed by atoms with Gasteiger partial charge in [0.2, 0.25) is 0 Å². The van der Waals surface area contributed by atoms with Crippen LogP contribution in [0.4, 0.5) is 0 Å². The van der Waals surface area contributed by atoms with Crippen LogP contribution in [0.5, 0.6) is 0 Å². The average Bonchev–Trinajstić information content (AvgIpc) is 2.05. The van der Waals surface area contributed by atoms with Gasteiger partial charge in [0.25, 0.3) is 0 Å². The summed E-state index contributed by atoms with van der Waals surface area (Å²) in [5.41, 5.74) is 0.603. The normalized spacial score (nSPS) is 9.15. The van der Waals surface area contributed by atoms with Crippen molar-refractivity contribution in [3.05, 3.63) is 35.9 Å². The van der Waals surface area contributed by atoms with Crippen molar-refractivity contribution in [3.63, 3.8) is 0 Å². The molecule has 0 heterocycles. The van der Waals surface area contributed by atoms with Crippen molar-refractivity contribution >= 4 is 35.5 Å². The third kappa shape index (κ3) is 4.46. The van der Waals surface area contributed by atoms with Crippen LogP contribution in [0.25, 0.3) is 0 Å². The molecule has 0 amide bonds. The van der Waals surface area contributed by atoms with Crippen molar-refractivity contribution < 1.29 is 9.53 Å². The van der Waals surface area contributed by atoms with E-state index in [1.807, 2.05) is 32.0 Å². The molecule has 0 aromatic heterocycles. The summed E-state index contributed by atoms with van der Waals surface area (Å²) in [5.74, 6) is -0.259. The number of carbonyl (C=O) groups is 1. The first kappa shape index (κ1) is 12.7. The second-order valence-electron chi connectivity index (χ2n) is 2.82. The Balaban J connectivity index is 0.00000144. The summed E-state index contributed by atoms with van der Waals surface area (Å²) < 4.78 is 5.00. The van der Waals surface area contributed by atoms with Crippen molar-refractivity contribution in [3.8, 4) is 0 Å². The van der Waals surface area contributed by atoms with Crippen LogP contribution in [-0.2, 0) is 4.74 Å². The molecule has 0 unspecified atom stereocenters. The molecule has 1 aromatic carbocycles. The molecule has 0 spiro atoms. The molecule has 0 aliphatic heterocycles. The Morgan fingerprint density at radius 2 is 1.77 bits per heavy atom. The summed E-state index contributed by atoms with van der Waals surface area (Å²) in [6.45, 7) is 3.67. The Labute approximate surface area is 101 Å². The predicted molar refractivity (Wildman–Crippen MR) is 54.1 cm³/mol. The van der Waals surface area contributed by atoms with Gasteiger partial charge in [-0.15, -0.1) is 0 Å². The zero-order valence-corrected chi connectivity index (χ0v) is 7.28. The van der Waals surface area contributed by atoms with Gasteiger partial charge in [0, 0.05) is 0 Å². The second-order valence-corrected chi connectivity index (χ2v) is 2.82. The van der Waals surface area contributed by atoms with Crippen LogP contribution in [0.15, 0.2) is 30.3 Å². The molecule has 0 atom stereocenters. The molecule has 0 N–H and O–H groups in total. The summed E-state index contributed by atoms with van der Waals surface area (Å²) in [5, 5.41) is 0. The van der Waals surface area contributed by atoms with Gasteiger partial charge in [-0.25, -0.2) is 4.79 Å². The molecule has 0 saturated heterocycles. The zero-order valence-electron chi connectivity index (χ0n) is 7.28. The molecule has 0 radical (unpaired) electrons. The fourth-order valence-corrected chi connectivity index (χ4v) is 0.856. The number of ether oxygens (including phenoxy) is 1. The molecule has 13 heavy (non-hydrogen) atoms. The van der Waals surface area contributed by atoms with Gasteiger partial charge < -0.3 is 4.74 Å². The Morgan fingerprint density at radius 1 is 1.23 bits per heavy atom. The van der Waals surface area contributed by atoms with Gasteiger partial charge in [0.15, 0.2) is 0 Å². The first-order chi connectivity index (χ1) is 5.70. The van der Waals surface area contributed by atoms with E-state index in [2.05, 4.69) is 0 Å². The molecular weight excluding hydrogens is 175 g/mol. The Hall–Kier alpha value is -0.310. The maximum absolute atomic E-state index is 11.2. The van der Waals surface area contributed by atoms with E-state index in [9.17, 15) is 4.79 Å². The Kier molecular flexibility index (Phi) is 6.04. The summed E-state index contributed by atoms with van der Waals surface area (Å²) in [6.07, 6.45) is -0.0577. The molecule has 0 aliphatic rings. The second kappa shape index (κ2) is 6.19. The van der Waals surface area contributed by atoms with E-state index in [1.54, 1.807) is 12.1 Å². The third-order valence-electron chi connectivity index (χ3n) is 1.35. The molecular formula is C10H13NaO2. The van der Waals surface area contributed by atoms with Crippen molar-refractivity contribution in [1.29, 1.82) is 0 Å². The van der Waals surface area contributed by atoms with E-state index in [0.717, 1.165) is 0 Å². The van der Waals surface area contributed by atoms with E-state index in [0.29, 0.717) is 5.56 Å². The fourth-order valence-electron chi connectivity index (χ4n) is 0.856. The molecule has 0 saturated carbocycles. The van der Waals surface area contributed by atoms with Crippen LogP contribution in [0.1, 0.15) is 24.2 Å². The molecule has 0 fully saturated rings. The summed E-state index contributed by atoms with van der Waals surface area (Å²) >= 11 is 0. The van der Waals surface area contributed by atoms with Crippen molar-refractivity contribution in [1.82, 2.24) is 0 Å². The van der Waals surface area contributed by atoms with E-state index in [1.165, 1.54) is 0 Å². The SMILES string of the molecule is CC(C)OC(=O)c1ccccc1.[NaH]. The minimum atomic E-state index is -0.259. The first-order valence-corrected chi connectivity index (χ1v) is 3.96. The number of esters is 1. The molecule has 1 aromatic rings. The quantitative estimate of drug-likeness (QED) is 0.520. The topological polar surface area (TPSA) is 26.3 Å². The molecule has 3 heteroatoms. The standard InChI is InChI=1S/C10H12O2.Na.H/c1-8(2)12-10(11)9-6-4-3-5-7-9;;/h3-8H,1-2H3;;. The van der Waals surface area contributed by atoms with Crippen LogP contribution >= 0.6 is 0 Å². The molecule has 1 rings (SSSR count). The monoisotopic (exact) mass is 188 g/mol. The van der Waals surface area contributed by atoms with Gasteiger partial charge >= 0.3 is 35.5 Å². The Bertz CT molecular complexity index is 257. The number of rotatable bonds is 2. The van der Waals surface area contributed by atoms with Crippen molar-refractivity contribution in [2.45, 2.75) is 20.0 Å². The van der Waals surface area contributed by atoms with Gasteiger partial charge in [-0.1, -0.05) is 18.2 Å². The van der Waals surface area contributed by atoms with E-state index in [-0.39, 0.29) is 41.6 Å². The fraction of sp³-hybridized carbons (Fsp3) is 0.300. The van der Waals surface area contributed by atoms with E-state index in [4.69, 9.17) is 4.74 Å². The summed E-state index contributed by atoms with van der Waals surface area (Å²) in [4.78, 5) is 11.2. The minimum absolute atomic E-state index is 0. The number of benzene rings is 1. The summed E-state index contributed by atoms with van der Waals surface area (Å²) in [7, 11) is 0. The summed E-state index contributed by atoms with van der Waals surface area (Å²) in [6, 6.07) is 8.98. The molecule has 66 valence electrons. The van der Waals surface area contributed by atoms with Crippen LogP contribution in [-0.4, -0.2) is 41.6 Å². The maximum atomic E-state index is 11.2. The van der Waals surface area contributed by atoms with Crippen LogP contribution in [0.2, 0.25) is 0 Å². The average molecular weight is 188 g/mol. The van der Waals surface area contributed by atoms with E-state index >= 15 is 0 Å². The van der Waals surface area contributed by atoms with Crippen LogP contribution in [0, 0.1) is 0 Å². The molecule has 0 aliphatic carbocycles.